The van der Waals surface area contributed by atoms with Gasteiger partial charge in [0.1, 0.15) is 23.6 Å². The third kappa shape index (κ3) is 5.87. The van der Waals surface area contributed by atoms with Gasteiger partial charge >= 0.3 is 6.09 Å². The summed E-state index contributed by atoms with van der Waals surface area (Å²) in [4.78, 5) is 11.4. The van der Waals surface area contributed by atoms with Crippen molar-refractivity contribution in [1.82, 2.24) is 5.32 Å². The zero-order valence-corrected chi connectivity index (χ0v) is 12.8. The molecule has 0 radical (unpaired) electrons. The maximum absolute atomic E-state index is 13.6. The van der Waals surface area contributed by atoms with Gasteiger partial charge in [0.25, 0.3) is 0 Å². The molecule has 1 amide bonds. The summed E-state index contributed by atoms with van der Waals surface area (Å²) >= 11 is 5.72. The highest BCUT2D eigenvalue weighted by molar-refractivity contribution is 6.30. The van der Waals surface area contributed by atoms with Gasteiger partial charge in [0.2, 0.25) is 0 Å². The normalized spacial score (nSPS) is 14.4. The Hall–Kier alpha value is -1.37. The van der Waals surface area contributed by atoms with E-state index in [0.717, 1.165) is 6.07 Å². The summed E-state index contributed by atoms with van der Waals surface area (Å²) in [6.45, 7) is 4.79. The Kier molecular flexibility index (Phi) is 5.95. The first-order valence-corrected chi connectivity index (χ1v) is 6.76. The predicted molar refractivity (Wildman–Crippen MR) is 76.6 cm³/mol. The lowest BCUT2D eigenvalue weighted by atomic mass is 10.0. The molecular weight excluding hydrogens is 301 g/mol. The van der Waals surface area contributed by atoms with E-state index in [1.54, 1.807) is 20.8 Å². The first-order valence-electron chi connectivity index (χ1n) is 6.38. The molecule has 3 N–H and O–H groups in total. The molecule has 0 saturated heterocycles. The van der Waals surface area contributed by atoms with E-state index >= 15 is 0 Å². The molecule has 1 rings (SSSR count). The van der Waals surface area contributed by atoms with Gasteiger partial charge in [-0.05, 0) is 39.0 Å². The highest BCUT2D eigenvalue weighted by atomic mass is 35.5. The number of aliphatic hydroxyl groups excluding tert-OH is 2. The molecule has 0 spiro atoms. The van der Waals surface area contributed by atoms with Crippen LogP contribution in [0.1, 0.15) is 32.4 Å². The van der Waals surface area contributed by atoms with Gasteiger partial charge in [0.05, 0.1) is 0 Å². The van der Waals surface area contributed by atoms with Gasteiger partial charge in [0.15, 0.2) is 0 Å². The number of hydrogen-bond donors (Lipinski definition) is 3. The minimum Gasteiger partial charge on any atom is -0.444 e. The van der Waals surface area contributed by atoms with Crippen LogP contribution in [0.5, 0.6) is 0 Å². The average Bonchev–Trinajstić information content (AvgIpc) is 2.36. The van der Waals surface area contributed by atoms with Crippen molar-refractivity contribution < 1.29 is 24.1 Å². The van der Waals surface area contributed by atoms with Crippen molar-refractivity contribution in [2.75, 3.05) is 6.54 Å². The van der Waals surface area contributed by atoms with Crippen LogP contribution in [-0.2, 0) is 4.74 Å². The highest BCUT2D eigenvalue weighted by Crippen LogP contribution is 2.23. The monoisotopic (exact) mass is 319 g/mol. The van der Waals surface area contributed by atoms with E-state index in [2.05, 4.69) is 5.32 Å². The van der Waals surface area contributed by atoms with Crippen LogP contribution in [-0.4, -0.2) is 34.6 Å². The van der Waals surface area contributed by atoms with Crippen LogP contribution in [0.2, 0.25) is 5.02 Å². The van der Waals surface area contributed by atoms with Crippen molar-refractivity contribution in [2.45, 2.75) is 38.6 Å². The fourth-order valence-corrected chi connectivity index (χ4v) is 1.74. The van der Waals surface area contributed by atoms with Crippen molar-refractivity contribution in [3.8, 4) is 0 Å². The maximum atomic E-state index is 13.6. The van der Waals surface area contributed by atoms with Gasteiger partial charge in [-0.15, -0.1) is 0 Å². The Morgan fingerprint density at radius 1 is 1.43 bits per heavy atom. The number of alkyl carbamates (subject to hydrolysis) is 1. The molecule has 0 bridgehead atoms. The smallest absolute Gasteiger partial charge is 0.407 e. The molecule has 7 heteroatoms. The SMILES string of the molecule is CC(C)(C)OC(=O)NCC(O)C(O)c1cc(Cl)ccc1F. The molecule has 0 aromatic heterocycles. The number of benzene rings is 1. The molecule has 0 heterocycles. The molecule has 21 heavy (non-hydrogen) atoms. The summed E-state index contributed by atoms with van der Waals surface area (Å²) in [6, 6.07) is 3.64. The number of carbonyl (C=O) groups excluding carboxylic acids is 1. The Balaban J connectivity index is 2.61. The van der Waals surface area contributed by atoms with Crippen molar-refractivity contribution in [3.63, 3.8) is 0 Å². The lowest BCUT2D eigenvalue weighted by molar-refractivity contribution is 0.0113. The van der Waals surface area contributed by atoms with Crippen molar-refractivity contribution in [2.24, 2.45) is 0 Å². The zero-order chi connectivity index (χ0) is 16.2. The van der Waals surface area contributed by atoms with Crippen LogP contribution in [0.25, 0.3) is 0 Å². The van der Waals surface area contributed by atoms with Crippen molar-refractivity contribution in [3.05, 3.63) is 34.6 Å². The molecule has 2 atom stereocenters. The second kappa shape index (κ2) is 7.06. The predicted octanol–water partition coefficient (Wildman–Crippen LogP) is 2.40. The Morgan fingerprint density at radius 2 is 2.05 bits per heavy atom. The van der Waals surface area contributed by atoms with Gasteiger partial charge in [-0.3, -0.25) is 0 Å². The van der Waals surface area contributed by atoms with Crippen molar-refractivity contribution >= 4 is 17.7 Å². The first-order chi connectivity index (χ1) is 9.60. The minimum absolute atomic E-state index is 0.138. The third-order valence-electron chi connectivity index (χ3n) is 2.50. The summed E-state index contributed by atoms with van der Waals surface area (Å²) in [5.41, 5.74) is -0.812. The first kappa shape index (κ1) is 17.7. The second-order valence-electron chi connectivity index (χ2n) is 5.56. The van der Waals surface area contributed by atoms with Crippen LogP contribution in [0.4, 0.5) is 9.18 Å². The number of amides is 1. The topological polar surface area (TPSA) is 78.8 Å². The number of carbonyl (C=O) groups is 1. The third-order valence-corrected chi connectivity index (χ3v) is 2.73. The molecule has 0 saturated carbocycles. The fraction of sp³-hybridized carbons (Fsp3) is 0.500. The van der Waals surface area contributed by atoms with E-state index in [-0.39, 0.29) is 17.1 Å². The Labute approximate surface area is 127 Å². The van der Waals surface area contributed by atoms with E-state index in [0.29, 0.717) is 0 Å². The molecule has 118 valence electrons. The average molecular weight is 320 g/mol. The van der Waals surface area contributed by atoms with Crippen LogP contribution in [0, 0.1) is 5.82 Å². The Bertz CT molecular complexity index is 504. The molecule has 0 aliphatic heterocycles. The summed E-state index contributed by atoms with van der Waals surface area (Å²) in [6.07, 6.45) is -3.65. The molecule has 5 nitrogen and oxygen atoms in total. The van der Waals surface area contributed by atoms with E-state index in [4.69, 9.17) is 16.3 Å². The van der Waals surface area contributed by atoms with Crippen LogP contribution in [0.3, 0.4) is 0 Å². The highest BCUT2D eigenvalue weighted by Gasteiger charge is 2.23. The molecule has 1 aromatic rings. The number of rotatable bonds is 4. The lowest BCUT2D eigenvalue weighted by Gasteiger charge is -2.22. The summed E-state index contributed by atoms with van der Waals surface area (Å²) in [7, 11) is 0. The number of aliphatic hydroxyl groups is 2. The summed E-state index contributed by atoms with van der Waals surface area (Å²) in [5.74, 6) is -0.691. The fourth-order valence-electron chi connectivity index (χ4n) is 1.56. The van der Waals surface area contributed by atoms with Gasteiger partial charge in [0, 0.05) is 17.1 Å². The van der Waals surface area contributed by atoms with Gasteiger partial charge in [-0.1, -0.05) is 11.6 Å². The summed E-state index contributed by atoms with van der Waals surface area (Å²) < 4.78 is 18.5. The number of hydrogen-bond acceptors (Lipinski definition) is 4. The van der Waals surface area contributed by atoms with E-state index in [9.17, 15) is 19.4 Å². The van der Waals surface area contributed by atoms with Gasteiger partial charge < -0.3 is 20.3 Å². The molecule has 0 aliphatic carbocycles. The molecule has 0 fully saturated rings. The van der Waals surface area contributed by atoms with Gasteiger partial charge in [-0.2, -0.15) is 0 Å². The van der Waals surface area contributed by atoms with E-state index < -0.39 is 29.7 Å². The second-order valence-corrected chi connectivity index (χ2v) is 6.00. The van der Waals surface area contributed by atoms with E-state index in [1.807, 2.05) is 0 Å². The van der Waals surface area contributed by atoms with Gasteiger partial charge in [-0.25, -0.2) is 9.18 Å². The van der Waals surface area contributed by atoms with E-state index in [1.165, 1.54) is 12.1 Å². The lowest BCUT2D eigenvalue weighted by Crippen LogP contribution is -2.39. The molecule has 1 aromatic carbocycles. The standard InChI is InChI=1S/C14H19ClFNO4/c1-14(2,3)21-13(20)17-7-11(18)12(19)9-6-8(15)4-5-10(9)16/h4-6,11-12,18-19H,7H2,1-3H3,(H,17,20). The number of ether oxygens (including phenoxy) is 1. The Morgan fingerprint density at radius 3 is 2.62 bits per heavy atom. The van der Waals surface area contributed by atoms with Crippen LogP contribution < -0.4 is 5.32 Å². The summed E-state index contributed by atoms with van der Waals surface area (Å²) in [5, 5.41) is 22.2. The number of nitrogens with one attached hydrogen (secondary N) is 1. The molecule has 0 aliphatic rings. The maximum Gasteiger partial charge on any atom is 0.407 e. The quantitative estimate of drug-likeness (QED) is 0.796. The van der Waals surface area contributed by atoms with Crippen LogP contribution in [0.15, 0.2) is 18.2 Å². The molecule has 2 unspecified atom stereocenters. The molecular formula is C14H19ClFNO4. The minimum atomic E-state index is -1.52. The van der Waals surface area contributed by atoms with Crippen LogP contribution >= 0.6 is 11.6 Å². The largest absolute Gasteiger partial charge is 0.444 e. The zero-order valence-electron chi connectivity index (χ0n) is 12.1. The number of halogens is 2. The van der Waals surface area contributed by atoms with Crippen molar-refractivity contribution in [1.29, 1.82) is 0 Å².